The quantitative estimate of drug-likeness (QED) is 0.303. The van der Waals surface area contributed by atoms with Crippen molar-refractivity contribution >= 4 is 17.6 Å². The molecule has 6 rings (SSSR count). The summed E-state index contributed by atoms with van der Waals surface area (Å²) in [7, 11) is 0. The number of likely N-dealkylation sites (tertiary alicyclic amines) is 1. The van der Waals surface area contributed by atoms with Gasteiger partial charge in [0.25, 0.3) is 11.5 Å². The second-order valence-electron chi connectivity index (χ2n) is 14.4. The number of pyridine rings is 1. The number of alkyl halides is 1. The molecule has 46 heavy (non-hydrogen) atoms. The lowest BCUT2D eigenvalue weighted by atomic mass is 9.59. The third-order valence-corrected chi connectivity index (χ3v) is 9.46. The average Bonchev–Trinajstić information content (AvgIpc) is 3.76. The number of nitrogens with zero attached hydrogens (tertiary/aromatic N) is 2. The van der Waals surface area contributed by atoms with Gasteiger partial charge in [-0.25, -0.2) is 13.6 Å². The first-order chi connectivity index (χ1) is 21.7. The van der Waals surface area contributed by atoms with Crippen LogP contribution in [0.2, 0.25) is 0 Å². The molecule has 2 aliphatic carbocycles. The predicted octanol–water partition coefficient (Wildman–Crippen LogP) is 7.08. The molecule has 3 aromatic rings. The van der Waals surface area contributed by atoms with Crippen LogP contribution >= 0.6 is 0 Å². The number of aromatic nitrogens is 1. The third-order valence-electron chi connectivity index (χ3n) is 9.46. The van der Waals surface area contributed by atoms with Crippen LogP contribution in [0.3, 0.4) is 0 Å². The zero-order valence-corrected chi connectivity index (χ0v) is 27.1. The summed E-state index contributed by atoms with van der Waals surface area (Å²) in [6.07, 6.45) is 4.05. The Labute approximate surface area is 268 Å². The minimum atomic E-state index is -0.827. The number of aryl methyl sites for hydroxylation is 1. The Morgan fingerprint density at radius 2 is 1.57 bits per heavy atom. The Bertz CT molecular complexity index is 1750. The number of hydrogen-bond acceptors (Lipinski definition) is 4. The van der Waals surface area contributed by atoms with Gasteiger partial charge in [-0.15, -0.1) is 0 Å². The summed E-state index contributed by atoms with van der Waals surface area (Å²) in [6, 6.07) is 15.7. The molecule has 1 aliphatic heterocycles. The molecule has 2 saturated carbocycles. The molecule has 9 heteroatoms. The number of rotatable bonds is 7. The van der Waals surface area contributed by atoms with Gasteiger partial charge < -0.3 is 19.5 Å². The second kappa shape index (κ2) is 11.5. The highest BCUT2D eigenvalue weighted by molar-refractivity contribution is 5.94. The van der Waals surface area contributed by atoms with E-state index in [2.05, 4.69) is 5.32 Å². The van der Waals surface area contributed by atoms with Crippen LogP contribution in [0.1, 0.15) is 92.0 Å². The van der Waals surface area contributed by atoms with Crippen LogP contribution in [-0.2, 0) is 10.3 Å². The second-order valence-corrected chi connectivity index (χ2v) is 14.4. The minimum absolute atomic E-state index is 0.0421. The molecule has 2 aromatic carbocycles. The smallest absolute Gasteiger partial charge is 0.410 e. The zero-order valence-electron chi connectivity index (χ0n) is 27.1. The minimum Gasteiger partial charge on any atom is -0.444 e. The van der Waals surface area contributed by atoms with E-state index in [1.165, 1.54) is 28.5 Å². The van der Waals surface area contributed by atoms with E-state index in [0.29, 0.717) is 37.1 Å². The van der Waals surface area contributed by atoms with Gasteiger partial charge in [-0.3, -0.25) is 9.59 Å². The lowest BCUT2D eigenvalue weighted by molar-refractivity contribution is -0.0500. The fourth-order valence-electron chi connectivity index (χ4n) is 6.75. The Balaban J connectivity index is 1.18. The van der Waals surface area contributed by atoms with Crippen molar-refractivity contribution in [3.05, 3.63) is 110 Å². The normalized spacial score (nSPS) is 18.3. The van der Waals surface area contributed by atoms with Gasteiger partial charge in [0.1, 0.15) is 18.1 Å². The predicted molar refractivity (Wildman–Crippen MR) is 173 cm³/mol. The lowest BCUT2D eigenvalue weighted by Crippen LogP contribution is -2.62. The molecule has 7 nitrogen and oxygen atoms in total. The Morgan fingerprint density at radius 1 is 0.978 bits per heavy atom. The molecule has 1 saturated heterocycles. The summed E-state index contributed by atoms with van der Waals surface area (Å²) in [5, 5.41) is 3.02. The van der Waals surface area contributed by atoms with Crippen LogP contribution in [0.25, 0.3) is 5.57 Å². The van der Waals surface area contributed by atoms with Crippen LogP contribution in [0.15, 0.2) is 71.2 Å². The number of amides is 2. The fraction of sp³-hybridized carbons (Fsp3) is 0.432. The number of carbonyl (C=O) groups is 2. The summed E-state index contributed by atoms with van der Waals surface area (Å²) >= 11 is 0. The number of hydrogen-bond donors (Lipinski definition) is 1. The topological polar surface area (TPSA) is 80.6 Å². The van der Waals surface area contributed by atoms with Crippen LogP contribution in [-0.4, -0.2) is 46.8 Å². The summed E-state index contributed by atoms with van der Waals surface area (Å²) in [4.78, 5) is 40.2. The molecule has 242 valence electrons. The number of allylic oxidation sites excluding steroid dienone is 1. The van der Waals surface area contributed by atoms with Gasteiger partial charge in [0.05, 0.1) is 17.1 Å². The van der Waals surface area contributed by atoms with E-state index in [4.69, 9.17) is 4.74 Å². The van der Waals surface area contributed by atoms with Crippen LogP contribution < -0.4 is 10.9 Å². The zero-order chi connectivity index (χ0) is 33.0. The SMILES string of the molecule is Cc1cc(C(=O)N[C@H](C)c2ccc(C(=C3CC4(C3)CN(C(=O)OC(C)(C)C)C4)c3ccc(F)cc3)cc2)cn(C2(CF)CC2)c1=O. The summed E-state index contributed by atoms with van der Waals surface area (Å²) in [5.41, 5.74) is 4.27. The number of nitrogens with one attached hydrogen (secondary N) is 1. The maximum Gasteiger partial charge on any atom is 0.410 e. The molecular formula is C37H41F2N3O4. The molecule has 1 atom stereocenters. The van der Waals surface area contributed by atoms with Crippen LogP contribution in [0, 0.1) is 18.2 Å². The molecule has 3 aliphatic rings. The van der Waals surface area contributed by atoms with Crippen molar-refractivity contribution in [3.8, 4) is 0 Å². The van der Waals surface area contributed by atoms with E-state index in [-0.39, 0.29) is 34.8 Å². The Morgan fingerprint density at radius 3 is 2.11 bits per heavy atom. The molecule has 0 radical (unpaired) electrons. The lowest BCUT2D eigenvalue weighted by Gasteiger charge is -2.57. The van der Waals surface area contributed by atoms with E-state index in [1.54, 1.807) is 30.0 Å². The highest BCUT2D eigenvalue weighted by atomic mass is 19.1. The molecular weight excluding hydrogens is 588 g/mol. The van der Waals surface area contributed by atoms with Crippen molar-refractivity contribution in [3.63, 3.8) is 0 Å². The highest BCUT2D eigenvalue weighted by Gasteiger charge is 2.53. The maximum absolute atomic E-state index is 13.9. The largest absolute Gasteiger partial charge is 0.444 e. The van der Waals surface area contributed by atoms with Gasteiger partial charge in [0.2, 0.25) is 0 Å². The molecule has 1 N–H and O–H groups in total. The van der Waals surface area contributed by atoms with Gasteiger partial charge >= 0.3 is 6.09 Å². The van der Waals surface area contributed by atoms with Crippen molar-refractivity contribution in [1.29, 1.82) is 0 Å². The standard InChI is InChI=1S/C37H41F2N3O4/c1-23-16-28(19-42(33(23)44)37(20-38)14-15-37)32(43)40-24(2)25-6-8-26(9-7-25)31(27-10-12-30(39)13-11-27)29-17-36(18-29)21-41(22-36)34(45)46-35(3,4)5/h6-13,16,19,24H,14-15,17-18,20-22H2,1-5H3,(H,40,43)/t24-/m1/s1. The fourth-order valence-corrected chi connectivity index (χ4v) is 6.75. The number of carbonyl (C=O) groups excluding carboxylic acids is 2. The summed E-state index contributed by atoms with van der Waals surface area (Å²) < 4.78 is 34.5. The first-order valence-corrected chi connectivity index (χ1v) is 15.9. The van der Waals surface area contributed by atoms with Gasteiger partial charge in [-0.1, -0.05) is 42.0 Å². The first kappa shape index (κ1) is 31.7. The molecule has 1 spiro atoms. The van der Waals surface area contributed by atoms with Crippen molar-refractivity contribution in [2.45, 2.75) is 77.5 Å². The number of benzene rings is 2. The summed E-state index contributed by atoms with van der Waals surface area (Å²) in [5.74, 6) is -0.634. The van der Waals surface area contributed by atoms with Gasteiger partial charge in [-0.05, 0) is 101 Å². The molecule has 0 bridgehead atoms. The van der Waals surface area contributed by atoms with Crippen molar-refractivity contribution in [1.82, 2.24) is 14.8 Å². The van der Waals surface area contributed by atoms with E-state index >= 15 is 0 Å². The number of halogens is 2. The molecule has 3 fully saturated rings. The van der Waals surface area contributed by atoms with Gasteiger partial charge in [-0.2, -0.15) is 0 Å². The number of ether oxygens (including phenoxy) is 1. The molecule has 2 amide bonds. The van der Waals surface area contributed by atoms with Crippen LogP contribution in [0.5, 0.6) is 0 Å². The van der Waals surface area contributed by atoms with E-state index in [9.17, 15) is 23.2 Å². The van der Waals surface area contributed by atoms with E-state index in [1.807, 2.05) is 52.0 Å². The molecule has 0 unspecified atom stereocenters. The summed E-state index contributed by atoms with van der Waals surface area (Å²) in [6.45, 7) is 9.80. The highest BCUT2D eigenvalue weighted by Crippen LogP contribution is 2.55. The molecule has 1 aromatic heterocycles. The van der Waals surface area contributed by atoms with E-state index < -0.39 is 17.8 Å². The first-order valence-electron chi connectivity index (χ1n) is 15.9. The Kier molecular flexibility index (Phi) is 7.93. The van der Waals surface area contributed by atoms with Crippen molar-refractivity contribution in [2.24, 2.45) is 5.41 Å². The van der Waals surface area contributed by atoms with Crippen LogP contribution in [0.4, 0.5) is 13.6 Å². The monoisotopic (exact) mass is 629 g/mol. The van der Waals surface area contributed by atoms with Crippen molar-refractivity contribution < 1.29 is 23.1 Å². The Hall–Kier alpha value is -4.27. The van der Waals surface area contributed by atoms with Gasteiger partial charge in [0.15, 0.2) is 0 Å². The maximum atomic E-state index is 13.9. The molecule has 2 heterocycles. The third kappa shape index (κ3) is 6.11. The van der Waals surface area contributed by atoms with Gasteiger partial charge in [0, 0.05) is 30.3 Å². The average molecular weight is 630 g/mol. The van der Waals surface area contributed by atoms with E-state index in [0.717, 1.165) is 35.1 Å². The van der Waals surface area contributed by atoms with Crippen molar-refractivity contribution in [2.75, 3.05) is 19.8 Å².